The van der Waals surface area contributed by atoms with Gasteiger partial charge in [0, 0.05) is 11.6 Å². The summed E-state index contributed by atoms with van der Waals surface area (Å²) in [5.41, 5.74) is 0.748. The lowest BCUT2D eigenvalue weighted by Crippen LogP contribution is -2.34. The normalized spacial score (nSPS) is 21.4. The summed E-state index contributed by atoms with van der Waals surface area (Å²) in [4.78, 5) is 5.57. The highest BCUT2D eigenvalue weighted by Crippen LogP contribution is 2.43. The number of hydrogen-bond acceptors (Lipinski definition) is 1. The number of aryl methyl sites for hydroxylation is 1. The van der Waals surface area contributed by atoms with Crippen LogP contribution in [0, 0.1) is 0 Å². The number of hydrogen-bond donors (Lipinski definition) is 1. The van der Waals surface area contributed by atoms with Gasteiger partial charge in [-0.1, -0.05) is 6.92 Å². The Hall–Kier alpha value is -1.14. The number of rotatable bonds is 1. The predicted molar refractivity (Wildman–Crippen MR) is 49.9 cm³/mol. The highest BCUT2D eigenvalue weighted by molar-refractivity contribution is 5.23. The zero-order valence-electron chi connectivity index (χ0n) is 9.04. The van der Waals surface area contributed by atoms with E-state index in [0.29, 0.717) is 17.8 Å². The summed E-state index contributed by atoms with van der Waals surface area (Å²) in [6.45, 7) is 1.77. The average Bonchev–Trinajstić information content (AvgIpc) is 2.61. The van der Waals surface area contributed by atoms with Crippen LogP contribution in [-0.4, -0.2) is 16.1 Å². The number of imidazole rings is 1. The van der Waals surface area contributed by atoms with E-state index in [0.717, 1.165) is 12.8 Å². The molecule has 1 atom stereocenters. The topological polar surface area (TPSA) is 28.7 Å². The van der Waals surface area contributed by atoms with Crippen molar-refractivity contribution in [1.82, 2.24) is 9.97 Å². The second kappa shape index (κ2) is 3.68. The van der Waals surface area contributed by atoms with Crippen LogP contribution in [-0.2, 0) is 12.3 Å². The van der Waals surface area contributed by atoms with Crippen LogP contribution in [0.15, 0.2) is 0 Å². The van der Waals surface area contributed by atoms with Crippen molar-refractivity contribution in [2.75, 3.05) is 0 Å². The van der Waals surface area contributed by atoms with Gasteiger partial charge in [0.25, 0.3) is 0 Å². The Kier molecular flexibility index (Phi) is 2.67. The van der Waals surface area contributed by atoms with Gasteiger partial charge in [-0.3, -0.25) is 0 Å². The van der Waals surface area contributed by atoms with Crippen molar-refractivity contribution in [3.63, 3.8) is 0 Å². The van der Waals surface area contributed by atoms with Gasteiger partial charge >= 0.3 is 12.1 Å². The van der Waals surface area contributed by atoms with Crippen molar-refractivity contribution in [3.8, 4) is 0 Å². The van der Waals surface area contributed by atoms with Gasteiger partial charge in [0.1, 0.15) is 0 Å². The summed E-state index contributed by atoms with van der Waals surface area (Å²) in [6, 6.07) is 0. The first-order valence-corrected chi connectivity index (χ1v) is 5.27. The number of nitrogens with one attached hydrogen (secondary N) is 1. The number of aromatic nitrogens is 2. The third-order valence-electron chi connectivity index (χ3n) is 2.99. The van der Waals surface area contributed by atoms with E-state index in [9.17, 15) is 22.0 Å². The van der Waals surface area contributed by atoms with Crippen molar-refractivity contribution < 1.29 is 22.0 Å². The molecular weight excluding hydrogens is 243 g/mol. The molecule has 1 unspecified atom stereocenters. The lowest BCUT2D eigenvalue weighted by Gasteiger charge is -2.16. The summed E-state index contributed by atoms with van der Waals surface area (Å²) in [5, 5.41) is 0. The molecule has 17 heavy (non-hydrogen) atoms. The number of nitrogens with zero attached hydrogens (tertiary/aromatic N) is 1. The third-order valence-corrected chi connectivity index (χ3v) is 2.99. The van der Waals surface area contributed by atoms with Gasteiger partial charge in [-0.25, -0.2) is 4.98 Å². The molecule has 2 rings (SSSR count). The van der Waals surface area contributed by atoms with Crippen LogP contribution in [0.25, 0.3) is 0 Å². The number of H-pyrrole nitrogens is 1. The lowest BCUT2D eigenvalue weighted by atomic mass is 9.92. The highest BCUT2D eigenvalue weighted by Gasteiger charge is 2.61. The van der Waals surface area contributed by atoms with Gasteiger partial charge in [0.05, 0.1) is 5.69 Å². The van der Waals surface area contributed by atoms with E-state index in [1.165, 1.54) is 0 Å². The van der Waals surface area contributed by atoms with Crippen molar-refractivity contribution in [3.05, 3.63) is 17.2 Å². The van der Waals surface area contributed by atoms with Crippen LogP contribution >= 0.6 is 0 Å². The fourth-order valence-corrected chi connectivity index (χ4v) is 2.03. The minimum absolute atomic E-state index is 0.0761. The molecule has 0 saturated carbocycles. The molecule has 0 aromatic carbocycles. The molecule has 7 heteroatoms. The maximum Gasteiger partial charge on any atom is 0.461 e. The molecule has 1 N–H and O–H groups in total. The highest BCUT2D eigenvalue weighted by atomic mass is 19.4. The van der Waals surface area contributed by atoms with E-state index in [-0.39, 0.29) is 5.92 Å². The van der Waals surface area contributed by atoms with E-state index in [1.807, 2.05) is 0 Å². The Morgan fingerprint density at radius 1 is 1.24 bits per heavy atom. The summed E-state index contributed by atoms with van der Waals surface area (Å²) in [6.07, 6.45) is -3.61. The molecule has 0 radical (unpaired) electrons. The molecule has 96 valence electrons. The maximum atomic E-state index is 13.1. The Balaban J connectivity index is 2.42. The molecule has 1 aliphatic rings. The van der Waals surface area contributed by atoms with Crippen molar-refractivity contribution in [1.29, 1.82) is 0 Å². The van der Waals surface area contributed by atoms with E-state index in [2.05, 4.69) is 9.97 Å². The standard InChI is InChI=1S/C10H11F5N2/c1-5-3-2-4-6-7(5)17-8(16-6)9(11,12)10(13,14)15/h5H,2-4H2,1H3,(H,16,17). The van der Waals surface area contributed by atoms with E-state index in [4.69, 9.17) is 0 Å². The van der Waals surface area contributed by atoms with Crippen LogP contribution in [0.1, 0.15) is 42.9 Å². The van der Waals surface area contributed by atoms with Gasteiger partial charge in [0.15, 0.2) is 5.82 Å². The first-order chi connectivity index (χ1) is 7.73. The Labute approximate surface area is 94.2 Å². The quantitative estimate of drug-likeness (QED) is 0.763. The van der Waals surface area contributed by atoms with Gasteiger partial charge in [0.2, 0.25) is 0 Å². The molecule has 0 amide bonds. The predicted octanol–water partition coefficient (Wildman–Crippen LogP) is 3.50. The molecule has 0 fully saturated rings. The fourth-order valence-electron chi connectivity index (χ4n) is 2.03. The summed E-state index contributed by atoms with van der Waals surface area (Å²) >= 11 is 0. The number of halogens is 5. The summed E-state index contributed by atoms with van der Waals surface area (Å²) < 4.78 is 62.6. The largest absolute Gasteiger partial charge is 0.461 e. The zero-order chi connectivity index (χ0) is 12.8. The van der Waals surface area contributed by atoms with Crippen LogP contribution < -0.4 is 0 Å². The van der Waals surface area contributed by atoms with Crippen LogP contribution in [0.3, 0.4) is 0 Å². The summed E-state index contributed by atoms with van der Waals surface area (Å²) in [5.74, 6) is -6.28. The van der Waals surface area contributed by atoms with Crippen LogP contribution in [0.5, 0.6) is 0 Å². The molecule has 0 spiro atoms. The van der Waals surface area contributed by atoms with Crippen molar-refractivity contribution in [2.45, 2.75) is 44.2 Å². The molecule has 1 aromatic rings. The Morgan fingerprint density at radius 3 is 2.41 bits per heavy atom. The average molecular weight is 254 g/mol. The monoisotopic (exact) mass is 254 g/mol. The van der Waals surface area contributed by atoms with Crippen molar-refractivity contribution in [2.24, 2.45) is 0 Å². The minimum atomic E-state index is -5.61. The number of alkyl halides is 5. The second-order valence-corrected chi connectivity index (χ2v) is 4.31. The van der Waals surface area contributed by atoms with Crippen LogP contribution in [0.2, 0.25) is 0 Å². The smallest absolute Gasteiger partial charge is 0.340 e. The lowest BCUT2D eigenvalue weighted by molar-refractivity contribution is -0.292. The van der Waals surface area contributed by atoms with Crippen molar-refractivity contribution >= 4 is 0 Å². The van der Waals surface area contributed by atoms with E-state index < -0.39 is 17.9 Å². The molecule has 2 nitrogen and oxygen atoms in total. The number of aromatic amines is 1. The molecular formula is C10H11F5N2. The molecule has 0 aliphatic heterocycles. The minimum Gasteiger partial charge on any atom is -0.340 e. The fraction of sp³-hybridized carbons (Fsp3) is 0.700. The Bertz CT molecular complexity index is 421. The molecule has 1 aromatic heterocycles. The van der Waals surface area contributed by atoms with Gasteiger partial charge < -0.3 is 4.98 Å². The molecule has 0 saturated heterocycles. The van der Waals surface area contributed by atoms with Gasteiger partial charge in [-0.2, -0.15) is 22.0 Å². The van der Waals surface area contributed by atoms with Crippen LogP contribution in [0.4, 0.5) is 22.0 Å². The Morgan fingerprint density at radius 2 is 1.88 bits per heavy atom. The zero-order valence-corrected chi connectivity index (χ0v) is 9.04. The third kappa shape index (κ3) is 1.91. The molecule has 0 bridgehead atoms. The second-order valence-electron chi connectivity index (χ2n) is 4.31. The summed E-state index contributed by atoms with van der Waals surface area (Å²) in [7, 11) is 0. The number of fused-ring (bicyclic) bond motifs is 1. The SMILES string of the molecule is CC1CCCc2[nH]c(C(F)(F)C(F)(F)F)nc21. The van der Waals surface area contributed by atoms with E-state index in [1.54, 1.807) is 6.92 Å². The molecule has 1 heterocycles. The van der Waals surface area contributed by atoms with E-state index >= 15 is 0 Å². The van der Waals surface area contributed by atoms with Gasteiger partial charge in [-0.05, 0) is 19.3 Å². The van der Waals surface area contributed by atoms with Gasteiger partial charge in [-0.15, -0.1) is 0 Å². The first-order valence-electron chi connectivity index (χ1n) is 5.27. The first kappa shape index (κ1) is 12.3. The molecule has 1 aliphatic carbocycles. The maximum absolute atomic E-state index is 13.1.